The van der Waals surface area contributed by atoms with E-state index in [0.29, 0.717) is 11.3 Å². The van der Waals surface area contributed by atoms with Crippen LogP contribution in [0.4, 0.5) is 5.69 Å². The number of hydrogen-bond acceptors (Lipinski definition) is 2. The zero-order valence-electron chi connectivity index (χ0n) is 10.8. The summed E-state index contributed by atoms with van der Waals surface area (Å²) in [4.78, 5) is 14.0. The Morgan fingerprint density at radius 3 is 2.60 bits per heavy atom. The molecular weight excluding hydrogens is 318 g/mol. The van der Waals surface area contributed by atoms with Crippen LogP contribution in [-0.2, 0) is 0 Å². The van der Waals surface area contributed by atoms with Crippen LogP contribution < -0.4 is 4.90 Å². The van der Waals surface area contributed by atoms with E-state index in [1.165, 1.54) is 0 Å². The smallest absolute Gasteiger partial charge is 0.293 e. The second-order valence-corrected chi connectivity index (χ2v) is 5.41. The van der Waals surface area contributed by atoms with Gasteiger partial charge in [0.1, 0.15) is 5.58 Å². The molecule has 0 aliphatic carbocycles. The van der Waals surface area contributed by atoms with Gasteiger partial charge in [0.15, 0.2) is 5.76 Å². The molecule has 3 nitrogen and oxygen atoms in total. The van der Waals surface area contributed by atoms with Crippen molar-refractivity contribution in [1.29, 1.82) is 0 Å². The first kappa shape index (κ1) is 12.9. The largest absolute Gasteiger partial charge is 0.451 e. The molecule has 0 spiro atoms. The van der Waals surface area contributed by atoms with Crippen molar-refractivity contribution >= 4 is 38.5 Å². The fourth-order valence-electron chi connectivity index (χ4n) is 2.04. The Labute approximate surface area is 124 Å². The number of furan rings is 1. The van der Waals surface area contributed by atoms with Crippen molar-refractivity contribution in [3.8, 4) is 0 Å². The normalized spacial score (nSPS) is 10.7. The van der Waals surface area contributed by atoms with Gasteiger partial charge in [0, 0.05) is 22.6 Å². The van der Waals surface area contributed by atoms with Gasteiger partial charge in [-0.1, -0.05) is 34.1 Å². The lowest BCUT2D eigenvalue weighted by Crippen LogP contribution is -2.25. The molecular formula is C16H12BrNO2. The summed E-state index contributed by atoms with van der Waals surface area (Å²) in [6, 6.07) is 17.0. The molecule has 2 aromatic carbocycles. The van der Waals surface area contributed by atoms with Crippen LogP contribution in [0.5, 0.6) is 0 Å². The van der Waals surface area contributed by atoms with E-state index in [0.717, 1.165) is 15.5 Å². The molecule has 0 fully saturated rings. The second kappa shape index (κ2) is 5.13. The number of halogens is 1. The molecule has 0 aliphatic rings. The number of amides is 1. The molecule has 3 aromatic rings. The van der Waals surface area contributed by atoms with Crippen LogP contribution in [0.2, 0.25) is 0 Å². The zero-order chi connectivity index (χ0) is 14.1. The quantitative estimate of drug-likeness (QED) is 0.694. The minimum absolute atomic E-state index is 0.163. The first-order valence-electron chi connectivity index (χ1n) is 6.17. The predicted octanol–water partition coefficient (Wildman–Crippen LogP) is 4.47. The Hall–Kier alpha value is -2.07. The minimum Gasteiger partial charge on any atom is -0.451 e. The van der Waals surface area contributed by atoms with Gasteiger partial charge >= 0.3 is 0 Å². The third kappa shape index (κ3) is 2.34. The zero-order valence-corrected chi connectivity index (χ0v) is 12.4. The van der Waals surface area contributed by atoms with Gasteiger partial charge in [-0.05, 0) is 36.4 Å². The van der Waals surface area contributed by atoms with E-state index < -0.39 is 0 Å². The molecule has 1 amide bonds. The molecule has 0 saturated carbocycles. The summed E-state index contributed by atoms with van der Waals surface area (Å²) in [5, 5.41) is 0.915. The van der Waals surface area contributed by atoms with E-state index in [1.807, 2.05) is 48.5 Å². The van der Waals surface area contributed by atoms with E-state index in [2.05, 4.69) is 15.9 Å². The lowest BCUT2D eigenvalue weighted by Gasteiger charge is -2.15. The highest BCUT2D eigenvalue weighted by molar-refractivity contribution is 9.10. The topological polar surface area (TPSA) is 33.5 Å². The first-order valence-corrected chi connectivity index (χ1v) is 6.96. The van der Waals surface area contributed by atoms with Crippen LogP contribution in [0.25, 0.3) is 11.0 Å². The molecule has 3 rings (SSSR count). The second-order valence-electron chi connectivity index (χ2n) is 4.49. The Bertz CT molecular complexity index is 765. The van der Waals surface area contributed by atoms with Crippen molar-refractivity contribution < 1.29 is 9.21 Å². The molecule has 0 bridgehead atoms. The SMILES string of the molecule is CN(C(=O)c1cc2ccc(Br)cc2o1)c1ccccc1. The molecule has 0 N–H and O–H groups in total. The molecule has 0 atom stereocenters. The van der Waals surface area contributed by atoms with Gasteiger partial charge in [-0.3, -0.25) is 4.79 Å². The molecule has 100 valence electrons. The number of carbonyl (C=O) groups excluding carboxylic acids is 1. The maximum atomic E-state index is 12.4. The van der Waals surface area contributed by atoms with Crippen molar-refractivity contribution in [3.63, 3.8) is 0 Å². The highest BCUT2D eigenvalue weighted by Gasteiger charge is 2.17. The van der Waals surface area contributed by atoms with Crippen LogP contribution in [-0.4, -0.2) is 13.0 Å². The van der Waals surface area contributed by atoms with Crippen molar-refractivity contribution in [1.82, 2.24) is 0 Å². The summed E-state index contributed by atoms with van der Waals surface area (Å²) in [6.45, 7) is 0. The van der Waals surface area contributed by atoms with Gasteiger partial charge in [-0.15, -0.1) is 0 Å². The highest BCUT2D eigenvalue weighted by Crippen LogP contribution is 2.25. The van der Waals surface area contributed by atoms with E-state index in [1.54, 1.807) is 18.0 Å². The predicted molar refractivity (Wildman–Crippen MR) is 83.1 cm³/mol. The summed E-state index contributed by atoms with van der Waals surface area (Å²) in [5.74, 6) is 0.174. The average Bonchev–Trinajstić information content (AvgIpc) is 2.89. The molecule has 20 heavy (non-hydrogen) atoms. The van der Waals surface area contributed by atoms with Gasteiger partial charge in [0.05, 0.1) is 0 Å². The van der Waals surface area contributed by atoms with E-state index in [4.69, 9.17) is 4.42 Å². The number of rotatable bonds is 2. The molecule has 1 aromatic heterocycles. The fraction of sp³-hybridized carbons (Fsp3) is 0.0625. The highest BCUT2D eigenvalue weighted by atomic mass is 79.9. The van der Waals surface area contributed by atoms with E-state index in [-0.39, 0.29) is 5.91 Å². The number of anilines is 1. The van der Waals surface area contributed by atoms with Gasteiger partial charge in [0.2, 0.25) is 0 Å². The number of carbonyl (C=O) groups is 1. The summed E-state index contributed by atoms with van der Waals surface area (Å²) >= 11 is 3.39. The lowest BCUT2D eigenvalue weighted by molar-refractivity contribution is 0.0968. The van der Waals surface area contributed by atoms with Crippen molar-refractivity contribution in [2.24, 2.45) is 0 Å². The van der Waals surface area contributed by atoms with Crippen molar-refractivity contribution in [3.05, 3.63) is 64.8 Å². The number of benzene rings is 2. The summed E-state index contributed by atoms with van der Waals surface area (Å²) in [7, 11) is 1.74. The third-order valence-corrected chi connectivity index (χ3v) is 3.63. The van der Waals surface area contributed by atoms with Crippen LogP contribution in [0, 0.1) is 0 Å². The number of nitrogens with zero attached hydrogens (tertiary/aromatic N) is 1. The van der Waals surface area contributed by atoms with Gasteiger partial charge < -0.3 is 9.32 Å². The summed E-state index contributed by atoms with van der Waals surface area (Å²) in [5.41, 5.74) is 1.53. The summed E-state index contributed by atoms with van der Waals surface area (Å²) in [6.07, 6.45) is 0. The lowest BCUT2D eigenvalue weighted by atomic mass is 10.2. The third-order valence-electron chi connectivity index (χ3n) is 3.14. The Balaban J connectivity index is 1.96. The molecule has 0 radical (unpaired) electrons. The minimum atomic E-state index is -0.163. The molecule has 1 heterocycles. The maximum Gasteiger partial charge on any atom is 0.293 e. The van der Waals surface area contributed by atoms with Crippen LogP contribution in [0.3, 0.4) is 0 Å². The monoisotopic (exact) mass is 329 g/mol. The van der Waals surface area contributed by atoms with E-state index >= 15 is 0 Å². The molecule has 0 aliphatic heterocycles. The summed E-state index contributed by atoms with van der Waals surface area (Å²) < 4.78 is 6.56. The van der Waals surface area contributed by atoms with Gasteiger partial charge in [0.25, 0.3) is 5.91 Å². The number of hydrogen-bond donors (Lipinski definition) is 0. The van der Waals surface area contributed by atoms with Crippen LogP contribution in [0.1, 0.15) is 10.6 Å². The molecule has 4 heteroatoms. The Morgan fingerprint density at radius 2 is 1.85 bits per heavy atom. The van der Waals surface area contributed by atoms with Crippen LogP contribution >= 0.6 is 15.9 Å². The number of fused-ring (bicyclic) bond motifs is 1. The molecule has 0 unspecified atom stereocenters. The fourth-order valence-corrected chi connectivity index (χ4v) is 2.38. The van der Waals surface area contributed by atoms with Crippen molar-refractivity contribution in [2.75, 3.05) is 11.9 Å². The van der Waals surface area contributed by atoms with Gasteiger partial charge in [-0.25, -0.2) is 0 Å². The first-order chi connectivity index (χ1) is 9.65. The van der Waals surface area contributed by atoms with Crippen molar-refractivity contribution in [2.45, 2.75) is 0 Å². The van der Waals surface area contributed by atoms with E-state index in [9.17, 15) is 4.79 Å². The van der Waals surface area contributed by atoms with Gasteiger partial charge in [-0.2, -0.15) is 0 Å². The Kier molecular flexibility index (Phi) is 3.32. The number of para-hydroxylation sites is 1. The maximum absolute atomic E-state index is 12.4. The molecule has 0 saturated heterocycles. The standard InChI is InChI=1S/C16H12BrNO2/c1-18(13-5-3-2-4-6-13)16(19)15-9-11-7-8-12(17)10-14(11)20-15/h2-10H,1H3. The Morgan fingerprint density at radius 1 is 1.10 bits per heavy atom. The average molecular weight is 330 g/mol. The van der Waals surface area contributed by atoms with Crippen LogP contribution in [0.15, 0.2) is 63.5 Å².